The SMILES string of the molecule is CCc1cccc(CB2O[C@@H]3C[C@@H]4CC(C4(C)C)[C@]3(C)O2)c1. The third-order valence-electron chi connectivity index (χ3n) is 6.80. The summed E-state index contributed by atoms with van der Waals surface area (Å²) in [5, 5.41) is 0. The zero-order valence-electron chi connectivity index (χ0n) is 14.3. The first-order valence-electron chi connectivity index (χ1n) is 8.84. The van der Waals surface area contributed by atoms with E-state index in [1.807, 2.05) is 0 Å². The van der Waals surface area contributed by atoms with Crippen molar-refractivity contribution in [2.45, 2.75) is 65.0 Å². The lowest BCUT2D eigenvalue weighted by molar-refractivity contribution is -0.199. The predicted octanol–water partition coefficient (Wildman–Crippen LogP) is 4.06. The molecule has 118 valence electrons. The molecule has 1 aliphatic heterocycles. The van der Waals surface area contributed by atoms with Gasteiger partial charge in [0, 0.05) is 6.32 Å². The molecule has 1 aromatic carbocycles. The van der Waals surface area contributed by atoms with Crippen LogP contribution in [0.5, 0.6) is 0 Å². The molecule has 22 heavy (non-hydrogen) atoms. The summed E-state index contributed by atoms with van der Waals surface area (Å²) in [4.78, 5) is 0. The van der Waals surface area contributed by atoms with E-state index >= 15 is 0 Å². The Morgan fingerprint density at radius 1 is 1.18 bits per heavy atom. The molecule has 1 unspecified atom stereocenters. The summed E-state index contributed by atoms with van der Waals surface area (Å²) in [6.07, 6.45) is 4.74. The largest absolute Gasteiger partial charge is 0.462 e. The molecule has 4 atom stereocenters. The summed E-state index contributed by atoms with van der Waals surface area (Å²) in [6.45, 7) is 9.32. The fourth-order valence-corrected chi connectivity index (χ4v) is 5.21. The average molecular weight is 298 g/mol. The van der Waals surface area contributed by atoms with Gasteiger partial charge >= 0.3 is 7.12 Å². The van der Waals surface area contributed by atoms with E-state index in [-0.39, 0.29) is 12.7 Å². The Balaban J connectivity index is 1.50. The van der Waals surface area contributed by atoms with Gasteiger partial charge < -0.3 is 9.31 Å². The van der Waals surface area contributed by atoms with Crippen LogP contribution in [0.1, 0.15) is 51.7 Å². The molecule has 4 fully saturated rings. The van der Waals surface area contributed by atoms with Gasteiger partial charge in [-0.25, -0.2) is 0 Å². The molecule has 2 nitrogen and oxygen atoms in total. The Bertz CT molecular complexity index is 585. The molecule has 1 saturated heterocycles. The molecule has 0 N–H and O–H groups in total. The number of hydrogen-bond donors (Lipinski definition) is 0. The number of hydrogen-bond acceptors (Lipinski definition) is 2. The number of aryl methyl sites for hydroxylation is 1. The molecule has 0 radical (unpaired) electrons. The van der Waals surface area contributed by atoms with Gasteiger partial charge in [0.05, 0.1) is 11.7 Å². The quantitative estimate of drug-likeness (QED) is 0.784. The standard InChI is InChI=1S/C19H27BO2/c1-5-13-7-6-8-14(9-13)12-20-21-17-11-15-10-16(18(15,2)3)19(17,4)22-20/h6-9,15-17H,5,10-12H2,1-4H3/t15-,16?,17+,19-/m0/s1. The number of benzene rings is 1. The van der Waals surface area contributed by atoms with Crippen LogP contribution in [-0.4, -0.2) is 18.8 Å². The van der Waals surface area contributed by atoms with Crippen molar-refractivity contribution >= 4 is 7.12 Å². The normalized spacial score (nSPS) is 38.5. The maximum absolute atomic E-state index is 6.49. The smallest absolute Gasteiger partial charge is 0.405 e. The summed E-state index contributed by atoms with van der Waals surface area (Å²) < 4.78 is 12.8. The van der Waals surface area contributed by atoms with Gasteiger partial charge in [0.25, 0.3) is 0 Å². The number of rotatable bonds is 3. The van der Waals surface area contributed by atoms with Crippen LogP contribution in [0.3, 0.4) is 0 Å². The van der Waals surface area contributed by atoms with Crippen molar-refractivity contribution in [1.29, 1.82) is 0 Å². The maximum Gasteiger partial charge on any atom is 0.462 e. The van der Waals surface area contributed by atoms with Gasteiger partial charge in [0.2, 0.25) is 0 Å². The molecule has 0 aromatic heterocycles. The molecule has 3 aliphatic carbocycles. The molecule has 2 bridgehead atoms. The highest BCUT2D eigenvalue weighted by Crippen LogP contribution is 2.65. The van der Waals surface area contributed by atoms with Crippen molar-refractivity contribution in [2.24, 2.45) is 17.3 Å². The van der Waals surface area contributed by atoms with E-state index < -0.39 is 0 Å². The van der Waals surface area contributed by atoms with Crippen LogP contribution in [0, 0.1) is 17.3 Å². The van der Waals surface area contributed by atoms with Crippen LogP contribution in [0.2, 0.25) is 0 Å². The van der Waals surface area contributed by atoms with Crippen molar-refractivity contribution in [3.63, 3.8) is 0 Å². The molecular weight excluding hydrogens is 271 g/mol. The summed E-state index contributed by atoms with van der Waals surface area (Å²) in [5.41, 5.74) is 3.07. The van der Waals surface area contributed by atoms with Crippen LogP contribution in [-0.2, 0) is 22.0 Å². The summed E-state index contributed by atoms with van der Waals surface area (Å²) in [7, 11) is -0.0720. The third-order valence-corrected chi connectivity index (χ3v) is 6.80. The zero-order chi connectivity index (χ0) is 15.5. The summed E-state index contributed by atoms with van der Waals surface area (Å²) in [6, 6.07) is 8.83. The van der Waals surface area contributed by atoms with E-state index in [0.717, 1.165) is 18.7 Å². The second-order valence-electron chi connectivity index (χ2n) is 8.28. The van der Waals surface area contributed by atoms with Gasteiger partial charge in [0.1, 0.15) is 0 Å². The minimum atomic E-state index is -0.0781. The van der Waals surface area contributed by atoms with E-state index in [9.17, 15) is 0 Å². The van der Waals surface area contributed by atoms with Crippen molar-refractivity contribution in [1.82, 2.24) is 0 Å². The average Bonchev–Trinajstić information content (AvgIpc) is 2.82. The van der Waals surface area contributed by atoms with Crippen molar-refractivity contribution in [2.75, 3.05) is 0 Å². The van der Waals surface area contributed by atoms with Crippen LogP contribution in [0.25, 0.3) is 0 Å². The van der Waals surface area contributed by atoms with E-state index in [0.29, 0.717) is 17.4 Å². The Morgan fingerprint density at radius 2 is 1.95 bits per heavy atom. The molecule has 0 amide bonds. The second kappa shape index (κ2) is 4.85. The van der Waals surface area contributed by atoms with Gasteiger partial charge in [-0.3, -0.25) is 0 Å². The minimum Gasteiger partial charge on any atom is -0.405 e. The molecule has 1 heterocycles. The van der Waals surface area contributed by atoms with E-state index in [1.165, 1.54) is 24.0 Å². The minimum absolute atomic E-state index is 0.0720. The van der Waals surface area contributed by atoms with Crippen molar-refractivity contribution in [3.8, 4) is 0 Å². The molecule has 3 heteroatoms. The van der Waals surface area contributed by atoms with E-state index in [4.69, 9.17) is 9.31 Å². The first kappa shape index (κ1) is 14.8. The Kier molecular flexibility index (Phi) is 3.26. The zero-order valence-corrected chi connectivity index (χ0v) is 14.3. The van der Waals surface area contributed by atoms with Gasteiger partial charge in [-0.1, -0.05) is 45.0 Å². The lowest BCUT2D eigenvalue weighted by Crippen LogP contribution is -2.65. The topological polar surface area (TPSA) is 18.5 Å². The van der Waals surface area contributed by atoms with Gasteiger partial charge in [-0.15, -0.1) is 0 Å². The fraction of sp³-hybridized carbons (Fsp3) is 0.684. The molecule has 3 saturated carbocycles. The highest BCUT2D eigenvalue weighted by Gasteiger charge is 2.67. The molecule has 0 spiro atoms. The van der Waals surface area contributed by atoms with Crippen molar-refractivity contribution < 1.29 is 9.31 Å². The first-order chi connectivity index (χ1) is 10.4. The lowest BCUT2D eigenvalue weighted by Gasteiger charge is -2.64. The highest BCUT2D eigenvalue weighted by molar-refractivity contribution is 6.44. The fourth-order valence-electron chi connectivity index (χ4n) is 5.21. The summed E-state index contributed by atoms with van der Waals surface area (Å²) >= 11 is 0. The van der Waals surface area contributed by atoms with Gasteiger partial charge in [-0.05, 0) is 54.6 Å². The highest BCUT2D eigenvalue weighted by atomic mass is 16.7. The lowest BCUT2D eigenvalue weighted by atomic mass is 9.43. The predicted molar refractivity (Wildman–Crippen MR) is 89.6 cm³/mol. The third kappa shape index (κ3) is 2.01. The van der Waals surface area contributed by atoms with Crippen LogP contribution in [0.4, 0.5) is 0 Å². The first-order valence-corrected chi connectivity index (χ1v) is 8.84. The molecule has 4 aliphatic rings. The monoisotopic (exact) mass is 298 g/mol. The van der Waals surface area contributed by atoms with E-state index in [1.54, 1.807) is 0 Å². The Hall–Kier alpha value is -0.795. The molecular formula is C19H27BO2. The molecule has 1 aromatic rings. The molecule has 5 rings (SSSR count). The van der Waals surface area contributed by atoms with Gasteiger partial charge in [0.15, 0.2) is 0 Å². The van der Waals surface area contributed by atoms with E-state index in [2.05, 4.69) is 52.0 Å². The van der Waals surface area contributed by atoms with Crippen LogP contribution >= 0.6 is 0 Å². The maximum atomic E-state index is 6.49. The second-order valence-corrected chi connectivity index (χ2v) is 8.28. The summed E-state index contributed by atoms with van der Waals surface area (Å²) in [5.74, 6) is 1.47. The Labute approximate surface area is 134 Å². The Morgan fingerprint density at radius 3 is 2.68 bits per heavy atom. The van der Waals surface area contributed by atoms with Crippen LogP contribution in [0.15, 0.2) is 24.3 Å². The van der Waals surface area contributed by atoms with Gasteiger partial charge in [-0.2, -0.15) is 0 Å². The van der Waals surface area contributed by atoms with Crippen molar-refractivity contribution in [3.05, 3.63) is 35.4 Å². The van der Waals surface area contributed by atoms with Crippen LogP contribution < -0.4 is 0 Å².